The van der Waals surface area contributed by atoms with Crippen molar-refractivity contribution in [2.24, 2.45) is 11.8 Å². The third kappa shape index (κ3) is 7.63. The SMILES string of the molecule is CCCCCC/C=C/C(CCCCC)C1CC1. The molecule has 0 nitrogen and oxygen atoms in total. The largest absolute Gasteiger partial charge is 0.0882 e. The van der Waals surface area contributed by atoms with Crippen LogP contribution in [0.2, 0.25) is 0 Å². The van der Waals surface area contributed by atoms with Gasteiger partial charge in [-0.15, -0.1) is 0 Å². The van der Waals surface area contributed by atoms with Gasteiger partial charge in [0.15, 0.2) is 0 Å². The molecule has 0 spiro atoms. The second-order valence-corrected chi connectivity index (χ2v) is 5.77. The van der Waals surface area contributed by atoms with E-state index in [0.29, 0.717) is 0 Å². The molecule has 0 amide bonds. The van der Waals surface area contributed by atoms with Crippen molar-refractivity contribution in [2.45, 2.75) is 84.5 Å². The zero-order valence-corrected chi connectivity index (χ0v) is 12.1. The Morgan fingerprint density at radius 3 is 2.29 bits per heavy atom. The Hall–Kier alpha value is -0.260. The van der Waals surface area contributed by atoms with E-state index < -0.39 is 0 Å². The molecule has 0 saturated heterocycles. The fraction of sp³-hybridized carbons (Fsp3) is 0.882. The van der Waals surface area contributed by atoms with Crippen LogP contribution in [-0.2, 0) is 0 Å². The van der Waals surface area contributed by atoms with E-state index in [0.717, 1.165) is 11.8 Å². The van der Waals surface area contributed by atoms with Crippen LogP contribution < -0.4 is 0 Å². The first kappa shape index (κ1) is 14.8. The summed E-state index contributed by atoms with van der Waals surface area (Å²) in [4.78, 5) is 0. The van der Waals surface area contributed by atoms with Crippen LogP contribution in [0.5, 0.6) is 0 Å². The normalized spacial score (nSPS) is 17.8. The summed E-state index contributed by atoms with van der Waals surface area (Å²) in [6, 6.07) is 0. The predicted molar refractivity (Wildman–Crippen MR) is 78.3 cm³/mol. The van der Waals surface area contributed by atoms with Crippen LogP contribution in [0.25, 0.3) is 0 Å². The van der Waals surface area contributed by atoms with E-state index in [9.17, 15) is 0 Å². The van der Waals surface area contributed by atoms with Crippen molar-refractivity contribution < 1.29 is 0 Å². The lowest BCUT2D eigenvalue weighted by Gasteiger charge is -2.10. The molecule has 1 fully saturated rings. The third-order valence-corrected chi connectivity index (χ3v) is 3.98. The average molecular weight is 236 g/mol. The van der Waals surface area contributed by atoms with E-state index in [2.05, 4.69) is 26.0 Å². The molecule has 0 aromatic heterocycles. The Balaban J connectivity index is 2.08. The molecule has 0 radical (unpaired) electrons. The van der Waals surface area contributed by atoms with Crippen LogP contribution in [0.4, 0.5) is 0 Å². The summed E-state index contributed by atoms with van der Waals surface area (Å²) in [6.45, 7) is 4.59. The molecule has 0 bridgehead atoms. The molecule has 100 valence electrons. The van der Waals surface area contributed by atoms with Crippen molar-refractivity contribution in [3.8, 4) is 0 Å². The van der Waals surface area contributed by atoms with E-state index in [1.807, 2.05) is 0 Å². The molecule has 1 rings (SSSR count). The molecule has 1 unspecified atom stereocenters. The van der Waals surface area contributed by atoms with Crippen LogP contribution in [0, 0.1) is 11.8 Å². The molecule has 0 aromatic carbocycles. The molecule has 1 atom stereocenters. The molecule has 1 aliphatic rings. The second kappa shape index (κ2) is 9.74. The fourth-order valence-electron chi connectivity index (χ4n) is 2.60. The van der Waals surface area contributed by atoms with Gasteiger partial charge in [0.05, 0.1) is 0 Å². The van der Waals surface area contributed by atoms with E-state index in [1.165, 1.54) is 70.6 Å². The van der Waals surface area contributed by atoms with Gasteiger partial charge in [0.25, 0.3) is 0 Å². The lowest BCUT2D eigenvalue weighted by atomic mass is 9.95. The van der Waals surface area contributed by atoms with Crippen molar-refractivity contribution in [2.75, 3.05) is 0 Å². The standard InChI is InChI=1S/C17H32/c1-3-5-7-8-9-11-13-16(17-14-15-17)12-10-6-4-2/h11,13,16-17H,3-10,12,14-15H2,1-2H3/b13-11+. The van der Waals surface area contributed by atoms with Crippen LogP contribution in [0.3, 0.4) is 0 Å². The molecular weight excluding hydrogens is 204 g/mol. The highest BCUT2D eigenvalue weighted by Crippen LogP contribution is 2.40. The first-order valence-corrected chi connectivity index (χ1v) is 8.05. The van der Waals surface area contributed by atoms with Gasteiger partial charge in [-0.1, -0.05) is 64.5 Å². The van der Waals surface area contributed by atoms with Crippen molar-refractivity contribution in [3.05, 3.63) is 12.2 Å². The maximum absolute atomic E-state index is 2.55. The Labute approximate surface area is 109 Å². The highest BCUT2D eigenvalue weighted by atomic mass is 14.3. The summed E-state index contributed by atoms with van der Waals surface area (Å²) < 4.78 is 0. The molecule has 17 heavy (non-hydrogen) atoms. The zero-order valence-electron chi connectivity index (χ0n) is 12.1. The lowest BCUT2D eigenvalue weighted by molar-refractivity contribution is 0.488. The first-order valence-electron chi connectivity index (χ1n) is 8.05. The van der Waals surface area contributed by atoms with E-state index in [4.69, 9.17) is 0 Å². The van der Waals surface area contributed by atoms with Gasteiger partial charge >= 0.3 is 0 Å². The van der Waals surface area contributed by atoms with Crippen molar-refractivity contribution in [1.82, 2.24) is 0 Å². The second-order valence-electron chi connectivity index (χ2n) is 5.77. The number of rotatable bonds is 11. The van der Waals surface area contributed by atoms with E-state index in [1.54, 1.807) is 0 Å². The van der Waals surface area contributed by atoms with Crippen LogP contribution in [-0.4, -0.2) is 0 Å². The summed E-state index contributed by atoms with van der Waals surface area (Å²) in [5.74, 6) is 1.98. The van der Waals surface area contributed by atoms with Crippen molar-refractivity contribution in [1.29, 1.82) is 0 Å². The molecule has 0 N–H and O–H groups in total. The molecule has 0 aliphatic heterocycles. The highest BCUT2D eigenvalue weighted by Gasteiger charge is 2.28. The third-order valence-electron chi connectivity index (χ3n) is 3.98. The monoisotopic (exact) mass is 236 g/mol. The van der Waals surface area contributed by atoms with E-state index in [-0.39, 0.29) is 0 Å². The molecular formula is C17H32. The number of allylic oxidation sites excluding steroid dienone is 2. The Bertz CT molecular complexity index is 188. The van der Waals surface area contributed by atoms with Gasteiger partial charge in [-0.05, 0) is 43.9 Å². The topological polar surface area (TPSA) is 0 Å². The number of unbranched alkanes of at least 4 members (excludes halogenated alkanes) is 6. The summed E-state index contributed by atoms with van der Waals surface area (Å²) in [5.41, 5.74) is 0. The average Bonchev–Trinajstić information content (AvgIpc) is 3.15. The molecule has 1 aliphatic carbocycles. The molecule has 1 saturated carbocycles. The first-order chi connectivity index (χ1) is 8.38. The highest BCUT2D eigenvalue weighted by molar-refractivity contribution is 4.96. The summed E-state index contributed by atoms with van der Waals surface area (Å²) in [7, 11) is 0. The van der Waals surface area contributed by atoms with Crippen LogP contribution in [0.15, 0.2) is 12.2 Å². The number of hydrogen-bond acceptors (Lipinski definition) is 0. The Morgan fingerprint density at radius 2 is 1.65 bits per heavy atom. The molecule has 0 heteroatoms. The smallest absolute Gasteiger partial charge is 0.0205 e. The lowest BCUT2D eigenvalue weighted by Crippen LogP contribution is -1.99. The van der Waals surface area contributed by atoms with Gasteiger partial charge in [0, 0.05) is 0 Å². The van der Waals surface area contributed by atoms with Gasteiger partial charge in [0.1, 0.15) is 0 Å². The minimum Gasteiger partial charge on any atom is -0.0882 e. The Morgan fingerprint density at radius 1 is 0.941 bits per heavy atom. The Kier molecular flexibility index (Phi) is 8.48. The maximum atomic E-state index is 2.55. The van der Waals surface area contributed by atoms with Gasteiger partial charge < -0.3 is 0 Å². The summed E-state index contributed by atoms with van der Waals surface area (Å²) in [6.07, 6.45) is 20.6. The van der Waals surface area contributed by atoms with Crippen LogP contribution in [0.1, 0.15) is 84.5 Å². The molecule has 0 heterocycles. The number of hydrogen-bond donors (Lipinski definition) is 0. The molecule has 0 aromatic rings. The summed E-state index contributed by atoms with van der Waals surface area (Å²) in [5, 5.41) is 0. The van der Waals surface area contributed by atoms with Gasteiger partial charge in [-0.2, -0.15) is 0 Å². The van der Waals surface area contributed by atoms with Gasteiger partial charge in [-0.25, -0.2) is 0 Å². The van der Waals surface area contributed by atoms with Crippen molar-refractivity contribution in [3.63, 3.8) is 0 Å². The van der Waals surface area contributed by atoms with Crippen molar-refractivity contribution >= 4 is 0 Å². The predicted octanol–water partition coefficient (Wildman–Crippen LogP) is 6.12. The van der Waals surface area contributed by atoms with Gasteiger partial charge in [0.2, 0.25) is 0 Å². The quantitative estimate of drug-likeness (QED) is 0.299. The van der Waals surface area contributed by atoms with Crippen LogP contribution >= 0.6 is 0 Å². The minimum absolute atomic E-state index is 0.924. The zero-order chi connectivity index (χ0) is 12.3. The fourth-order valence-corrected chi connectivity index (χ4v) is 2.60. The van der Waals surface area contributed by atoms with Gasteiger partial charge in [-0.3, -0.25) is 0 Å². The summed E-state index contributed by atoms with van der Waals surface area (Å²) >= 11 is 0. The maximum Gasteiger partial charge on any atom is -0.0205 e. The van der Waals surface area contributed by atoms with E-state index >= 15 is 0 Å². The minimum atomic E-state index is 0.924.